The number of hydrogen-bond acceptors (Lipinski definition) is 4. The van der Waals surface area contributed by atoms with E-state index >= 15 is 0 Å². The molecule has 2 saturated heterocycles. The predicted octanol–water partition coefficient (Wildman–Crippen LogP) is 2.49. The molecule has 2 heterocycles. The second kappa shape index (κ2) is 8.38. The minimum absolute atomic E-state index is 0.248. The number of morpholine rings is 1. The highest BCUT2D eigenvalue weighted by atomic mass is 16.5. The van der Waals surface area contributed by atoms with Crippen LogP contribution in [-0.4, -0.2) is 66.7 Å². The zero-order chi connectivity index (χ0) is 19.0. The fraction of sp³-hybridized carbons (Fsp3) is 0.955. The Bertz CT molecular complexity index is 496. The van der Waals surface area contributed by atoms with Gasteiger partial charge < -0.3 is 15.4 Å². The van der Waals surface area contributed by atoms with Gasteiger partial charge in [0, 0.05) is 44.7 Å². The lowest BCUT2D eigenvalue weighted by atomic mass is 9.65. The molecular formula is C22H39N3O2. The first kappa shape index (κ1) is 19.7. The Morgan fingerprint density at radius 3 is 2.19 bits per heavy atom. The Kier molecular flexibility index (Phi) is 6.10. The molecule has 154 valence electrons. The van der Waals surface area contributed by atoms with Crippen LogP contribution in [0.1, 0.15) is 58.8 Å². The maximum atomic E-state index is 13.1. The summed E-state index contributed by atoms with van der Waals surface area (Å²) in [5.41, 5.74) is 6.41. The van der Waals surface area contributed by atoms with Gasteiger partial charge in [0.1, 0.15) is 0 Å². The maximum absolute atomic E-state index is 13.1. The molecule has 2 bridgehead atoms. The van der Waals surface area contributed by atoms with Crippen molar-refractivity contribution in [1.29, 1.82) is 0 Å². The van der Waals surface area contributed by atoms with Gasteiger partial charge in [-0.25, -0.2) is 0 Å². The number of ether oxygens (including phenoxy) is 1. The van der Waals surface area contributed by atoms with E-state index in [0.29, 0.717) is 36.0 Å². The molecular weight excluding hydrogens is 338 g/mol. The SMILES string of the molecule is CC1CN(CC2CCN(C(=O)C3CC4CCCC(C3)C4N)CC2)CC(C)O1. The van der Waals surface area contributed by atoms with Crippen molar-refractivity contribution in [3.05, 3.63) is 0 Å². The lowest BCUT2D eigenvalue weighted by Crippen LogP contribution is -2.51. The summed E-state index contributed by atoms with van der Waals surface area (Å²) in [7, 11) is 0. The number of piperidine rings is 1. The summed E-state index contributed by atoms with van der Waals surface area (Å²) in [6, 6.07) is 0.354. The van der Waals surface area contributed by atoms with Crippen LogP contribution < -0.4 is 5.73 Å². The van der Waals surface area contributed by atoms with Gasteiger partial charge in [-0.2, -0.15) is 0 Å². The third-order valence-corrected chi connectivity index (χ3v) is 7.70. The van der Waals surface area contributed by atoms with Crippen LogP contribution in [0.3, 0.4) is 0 Å². The molecule has 4 rings (SSSR count). The van der Waals surface area contributed by atoms with Crippen LogP contribution in [-0.2, 0) is 9.53 Å². The molecule has 5 nitrogen and oxygen atoms in total. The Labute approximate surface area is 165 Å². The Balaban J connectivity index is 1.25. The fourth-order valence-electron chi connectivity index (χ4n) is 6.38. The van der Waals surface area contributed by atoms with E-state index < -0.39 is 0 Å². The van der Waals surface area contributed by atoms with Gasteiger partial charge in [-0.1, -0.05) is 6.42 Å². The first-order valence-corrected chi connectivity index (χ1v) is 11.4. The monoisotopic (exact) mass is 377 g/mol. The van der Waals surface area contributed by atoms with E-state index in [0.717, 1.165) is 57.8 Å². The predicted molar refractivity (Wildman–Crippen MR) is 107 cm³/mol. The summed E-state index contributed by atoms with van der Waals surface area (Å²) in [4.78, 5) is 17.9. The standard InChI is InChI=1S/C22H39N3O2/c1-15-12-24(13-16(2)27-15)14-17-6-8-25(9-7-17)22(26)20-10-18-4-3-5-19(11-20)21(18)23/h15-21H,3-14,23H2,1-2H3. The van der Waals surface area contributed by atoms with Crippen LogP contribution in [0.25, 0.3) is 0 Å². The van der Waals surface area contributed by atoms with Gasteiger partial charge in [0.2, 0.25) is 5.91 Å². The molecule has 2 N–H and O–H groups in total. The number of nitrogens with two attached hydrogens (primary N) is 1. The van der Waals surface area contributed by atoms with Crippen molar-refractivity contribution in [2.75, 3.05) is 32.7 Å². The number of likely N-dealkylation sites (tertiary alicyclic amines) is 1. The smallest absolute Gasteiger partial charge is 0.225 e. The molecule has 0 aromatic heterocycles. The third-order valence-electron chi connectivity index (χ3n) is 7.70. The van der Waals surface area contributed by atoms with Crippen molar-refractivity contribution in [2.45, 2.75) is 77.0 Å². The lowest BCUT2D eigenvalue weighted by molar-refractivity contribution is -0.140. The van der Waals surface area contributed by atoms with Crippen molar-refractivity contribution in [2.24, 2.45) is 29.4 Å². The second-order valence-corrected chi connectivity index (χ2v) is 9.94. The molecule has 4 unspecified atom stereocenters. The van der Waals surface area contributed by atoms with E-state index in [4.69, 9.17) is 10.5 Å². The molecule has 4 atom stereocenters. The van der Waals surface area contributed by atoms with E-state index in [2.05, 4.69) is 23.6 Å². The molecule has 27 heavy (non-hydrogen) atoms. The summed E-state index contributed by atoms with van der Waals surface area (Å²) in [5.74, 6) is 2.60. The molecule has 0 aromatic rings. The second-order valence-electron chi connectivity index (χ2n) is 9.94. The van der Waals surface area contributed by atoms with Gasteiger partial charge in [0.25, 0.3) is 0 Å². The highest BCUT2D eigenvalue weighted by molar-refractivity contribution is 5.79. The normalized spacial score (nSPS) is 41.5. The van der Waals surface area contributed by atoms with Gasteiger partial charge in [-0.05, 0) is 70.1 Å². The Morgan fingerprint density at radius 2 is 1.59 bits per heavy atom. The molecule has 2 saturated carbocycles. The fourth-order valence-corrected chi connectivity index (χ4v) is 6.38. The molecule has 0 radical (unpaired) electrons. The number of carbonyl (C=O) groups is 1. The molecule has 4 aliphatic rings. The minimum Gasteiger partial charge on any atom is -0.373 e. The number of hydrogen-bond donors (Lipinski definition) is 1. The minimum atomic E-state index is 0.248. The maximum Gasteiger partial charge on any atom is 0.225 e. The summed E-state index contributed by atoms with van der Waals surface area (Å²) in [6.45, 7) is 9.53. The molecule has 2 aliphatic heterocycles. The van der Waals surface area contributed by atoms with E-state index in [1.807, 2.05) is 0 Å². The molecule has 0 aromatic carbocycles. The number of rotatable bonds is 3. The van der Waals surface area contributed by atoms with Crippen LogP contribution in [0.5, 0.6) is 0 Å². The first-order chi connectivity index (χ1) is 13.0. The van der Waals surface area contributed by atoms with Crippen molar-refractivity contribution in [1.82, 2.24) is 9.80 Å². The van der Waals surface area contributed by atoms with Gasteiger partial charge in [-0.15, -0.1) is 0 Å². The average Bonchev–Trinajstić information content (AvgIpc) is 2.61. The van der Waals surface area contributed by atoms with Gasteiger partial charge in [-0.3, -0.25) is 9.69 Å². The molecule has 2 aliphatic carbocycles. The largest absolute Gasteiger partial charge is 0.373 e. The molecule has 4 fully saturated rings. The van der Waals surface area contributed by atoms with Crippen LogP contribution in [0.4, 0.5) is 0 Å². The van der Waals surface area contributed by atoms with Gasteiger partial charge >= 0.3 is 0 Å². The summed E-state index contributed by atoms with van der Waals surface area (Å²) < 4.78 is 5.86. The first-order valence-electron chi connectivity index (χ1n) is 11.4. The van der Waals surface area contributed by atoms with Gasteiger partial charge in [0.15, 0.2) is 0 Å². The Hall–Kier alpha value is -0.650. The van der Waals surface area contributed by atoms with E-state index in [9.17, 15) is 4.79 Å². The Morgan fingerprint density at radius 1 is 1.00 bits per heavy atom. The van der Waals surface area contributed by atoms with Crippen LogP contribution >= 0.6 is 0 Å². The molecule has 1 amide bonds. The number of carbonyl (C=O) groups excluding carboxylic acids is 1. The van der Waals surface area contributed by atoms with Crippen molar-refractivity contribution in [3.8, 4) is 0 Å². The quantitative estimate of drug-likeness (QED) is 0.821. The van der Waals surface area contributed by atoms with Crippen LogP contribution in [0, 0.1) is 23.7 Å². The van der Waals surface area contributed by atoms with Crippen molar-refractivity contribution in [3.63, 3.8) is 0 Å². The average molecular weight is 378 g/mol. The topological polar surface area (TPSA) is 58.8 Å². The van der Waals surface area contributed by atoms with Crippen LogP contribution in [0.15, 0.2) is 0 Å². The lowest BCUT2D eigenvalue weighted by Gasteiger charge is -2.45. The zero-order valence-corrected chi connectivity index (χ0v) is 17.3. The van der Waals surface area contributed by atoms with Crippen molar-refractivity contribution >= 4 is 5.91 Å². The van der Waals surface area contributed by atoms with E-state index in [-0.39, 0.29) is 5.92 Å². The molecule has 5 heteroatoms. The summed E-state index contributed by atoms with van der Waals surface area (Å²) >= 11 is 0. The zero-order valence-electron chi connectivity index (χ0n) is 17.3. The van der Waals surface area contributed by atoms with E-state index in [1.54, 1.807) is 0 Å². The highest BCUT2D eigenvalue weighted by Gasteiger charge is 2.42. The van der Waals surface area contributed by atoms with Crippen LogP contribution in [0.2, 0.25) is 0 Å². The van der Waals surface area contributed by atoms with Crippen molar-refractivity contribution < 1.29 is 9.53 Å². The van der Waals surface area contributed by atoms with Gasteiger partial charge in [0.05, 0.1) is 12.2 Å². The highest BCUT2D eigenvalue weighted by Crippen LogP contribution is 2.42. The number of nitrogens with zero attached hydrogens (tertiary/aromatic N) is 2. The summed E-state index contributed by atoms with van der Waals surface area (Å²) in [5, 5.41) is 0. The third kappa shape index (κ3) is 4.51. The number of fused-ring (bicyclic) bond motifs is 2. The molecule has 0 spiro atoms. The van der Waals surface area contributed by atoms with E-state index in [1.165, 1.54) is 25.8 Å². The number of amides is 1. The summed E-state index contributed by atoms with van der Waals surface area (Å²) in [6.07, 6.45) is 8.86.